The van der Waals surface area contributed by atoms with Crippen LogP contribution < -0.4 is 5.73 Å². The summed E-state index contributed by atoms with van der Waals surface area (Å²) in [6.45, 7) is 4.04. The van der Waals surface area contributed by atoms with Crippen LogP contribution in [0.1, 0.15) is 48.4 Å². The lowest BCUT2D eigenvalue weighted by atomic mass is 9.93. The maximum Gasteiger partial charge on any atom is 0.0994 e. The van der Waals surface area contributed by atoms with Gasteiger partial charge >= 0.3 is 0 Å². The highest BCUT2D eigenvalue weighted by molar-refractivity contribution is 5.98. The molecule has 0 amide bonds. The summed E-state index contributed by atoms with van der Waals surface area (Å²) >= 11 is 0. The average molecular weight is 359 g/mol. The summed E-state index contributed by atoms with van der Waals surface area (Å²) in [5, 5.41) is 20.5. The van der Waals surface area contributed by atoms with E-state index in [-0.39, 0.29) is 6.10 Å². The summed E-state index contributed by atoms with van der Waals surface area (Å²) in [4.78, 5) is 0. The van der Waals surface area contributed by atoms with Crippen LogP contribution in [-0.2, 0) is 0 Å². The highest BCUT2D eigenvalue weighted by atomic mass is 16.3. The minimum absolute atomic E-state index is 0.175. The molecular weight excluding hydrogens is 334 g/mol. The number of benzene rings is 2. The first kappa shape index (κ1) is 17.6. The molecule has 1 aliphatic carbocycles. The van der Waals surface area contributed by atoms with Gasteiger partial charge < -0.3 is 15.4 Å². The first-order valence-electron chi connectivity index (χ1n) is 9.58. The van der Waals surface area contributed by atoms with E-state index in [1.54, 1.807) is 0 Å². The Kier molecular flexibility index (Phi) is 4.41. The molecular formula is C23H25N3O. The fraction of sp³-hybridized carbons (Fsp3) is 0.348. The molecule has 4 heteroatoms. The third-order valence-electron chi connectivity index (χ3n) is 6.03. The SMILES string of the molecule is Cc1cc2c(cc1C#N)c(-c1cccc(N)c1C)cn2[C@H]1CC[C@@H](O)CC1. The Hall–Kier alpha value is -2.77. The van der Waals surface area contributed by atoms with Crippen LogP contribution in [0.25, 0.3) is 22.0 Å². The van der Waals surface area contributed by atoms with E-state index in [0.717, 1.165) is 64.5 Å². The number of nitrogens with two attached hydrogens (primary N) is 1. The van der Waals surface area contributed by atoms with Gasteiger partial charge in [0.1, 0.15) is 0 Å². The van der Waals surface area contributed by atoms with Crippen molar-refractivity contribution in [2.24, 2.45) is 0 Å². The maximum atomic E-state index is 9.89. The Balaban J connectivity index is 1.96. The van der Waals surface area contributed by atoms with Gasteiger partial charge in [-0.3, -0.25) is 0 Å². The van der Waals surface area contributed by atoms with Gasteiger partial charge in [-0.05, 0) is 74.4 Å². The summed E-state index contributed by atoms with van der Waals surface area (Å²) in [6, 6.07) is 12.8. The van der Waals surface area contributed by atoms with Crippen molar-refractivity contribution in [2.75, 3.05) is 5.73 Å². The lowest BCUT2D eigenvalue weighted by Gasteiger charge is -2.27. The lowest BCUT2D eigenvalue weighted by molar-refractivity contribution is 0.111. The summed E-state index contributed by atoms with van der Waals surface area (Å²) < 4.78 is 2.35. The molecule has 1 aliphatic rings. The molecule has 0 saturated heterocycles. The fourth-order valence-electron chi connectivity index (χ4n) is 4.32. The summed E-state index contributed by atoms with van der Waals surface area (Å²) in [5.41, 5.74) is 13.1. The topological polar surface area (TPSA) is 75.0 Å². The van der Waals surface area contributed by atoms with Crippen molar-refractivity contribution in [1.29, 1.82) is 5.26 Å². The Morgan fingerprint density at radius 2 is 1.85 bits per heavy atom. The molecule has 27 heavy (non-hydrogen) atoms. The number of hydrogen-bond donors (Lipinski definition) is 2. The van der Waals surface area contributed by atoms with E-state index in [1.165, 1.54) is 0 Å². The van der Waals surface area contributed by atoms with Gasteiger partial charge in [-0.1, -0.05) is 12.1 Å². The van der Waals surface area contributed by atoms with Crippen LogP contribution in [0.2, 0.25) is 0 Å². The summed E-state index contributed by atoms with van der Waals surface area (Å²) in [6.07, 6.45) is 5.66. The minimum atomic E-state index is -0.175. The molecule has 0 radical (unpaired) electrons. The molecule has 3 aromatic rings. The van der Waals surface area contributed by atoms with Gasteiger partial charge in [-0.25, -0.2) is 0 Å². The van der Waals surface area contributed by atoms with E-state index in [0.29, 0.717) is 11.6 Å². The van der Waals surface area contributed by atoms with Crippen molar-refractivity contribution < 1.29 is 5.11 Å². The standard InChI is InChI=1S/C23H25N3O/c1-14-10-23-20(11-16(14)12-24)21(19-4-3-5-22(25)15(19)2)13-26(23)17-6-8-18(27)9-7-17/h3-5,10-11,13,17-18,27H,6-9,25H2,1-2H3/t17-,18+. The molecule has 138 valence electrons. The fourth-order valence-corrected chi connectivity index (χ4v) is 4.32. The van der Waals surface area contributed by atoms with Gasteiger partial charge in [0.15, 0.2) is 0 Å². The van der Waals surface area contributed by atoms with Crippen LogP contribution in [0.4, 0.5) is 5.69 Å². The van der Waals surface area contributed by atoms with E-state index in [4.69, 9.17) is 5.73 Å². The minimum Gasteiger partial charge on any atom is -0.398 e. The molecule has 0 bridgehead atoms. The number of nitrogens with zero attached hydrogens (tertiary/aromatic N) is 2. The largest absolute Gasteiger partial charge is 0.398 e. The predicted molar refractivity (Wildman–Crippen MR) is 109 cm³/mol. The van der Waals surface area contributed by atoms with Gasteiger partial charge in [0.05, 0.1) is 17.7 Å². The van der Waals surface area contributed by atoms with Crippen molar-refractivity contribution >= 4 is 16.6 Å². The zero-order chi connectivity index (χ0) is 19.1. The Morgan fingerprint density at radius 1 is 1.11 bits per heavy atom. The number of fused-ring (bicyclic) bond motifs is 1. The number of nitriles is 1. The third-order valence-corrected chi connectivity index (χ3v) is 6.03. The number of rotatable bonds is 2. The monoisotopic (exact) mass is 359 g/mol. The first-order valence-corrected chi connectivity index (χ1v) is 9.58. The van der Waals surface area contributed by atoms with Crippen LogP contribution in [0.3, 0.4) is 0 Å². The molecule has 4 rings (SSSR count). The van der Waals surface area contributed by atoms with Gasteiger partial charge in [0, 0.05) is 34.4 Å². The molecule has 0 unspecified atom stereocenters. The van der Waals surface area contributed by atoms with Crippen molar-refractivity contribution in [1.82, 2.24) is 4.57 Å². The van der Waals surface area contributed by atoms with Crippen LogP contribution >= 0.6 is 0 Å². The van der Waals surface area contributed by atoms with Gasteiger partial charge in [0.25, 0.3) is 0 Å². The van der Waals surface area contributed by atoms with Crippen LogP contribution in [0.5, 0.6) is 0 Å². The number of nitrogen functional groups attached to an aromatic ring is 1. The first-order chi connectivity index (χ1) is 13.0. The van der Waals surface area contributed by atoms with E-state index < -0.39 is 0 Å². The molecule has 1 fully saturated rings. The van der Waals surface area contributed by atoms with E-state index >= 15 is 0 Å². The molecule has 3 N–H and O–H groups in total. The Bertz CT molecular complexity index is 1050. The predicted octanol–water partition coefficient (Wildman–Crippen LogP) is 4.86. The molecule has 1 aromatic heterocycles. The van der Waals surface area contributed by atoms with Gasteiger partial charge in [-0.2, -0.15) is 5.26 Å². The van der Waals surface area contributed by atoms with E-state index in [1.807, 2.05) is 32.0 Å². The second-order valence-corrected chi connectivity index (χ2v) is 7.73. The highest BCUT2D eigenvalue weighted by Crippen LogP contribution is 2.39. The maximum absolute atomic E-state index is 9.89. The molecule has 0 spiro atoms. The van der Waals surface area contributed by atoms with Crippen molar-refractivity contribution in [3.05, 3.63) is 53.2 Å². The highest BCUT2D eigenvalue weighted by Gasteiger charge is 2.24. The normalized spacial score (nSPS) is 19.9. The molecule has 2 aromatic carbocycles. The number of hydrogen-bond acceptors (Lipinski definition) is 3. The number of aryl methyl sites for hydroxylation is 1. The molecule has 0 aliphatic heterocycles. The van der Waals surface area contributed by atoms with Crippen LogP contribution in [-0.4, -0.2) is 15.8 Å². The number of aliphatic hydroxyl groups excluding tert-OH is 1. The Labute approximate surface area is 159 Å². The molecule has 4 nitrogen and oxygen atoms in total. The zero-order valence-corrected chi connectivity index (χ0v) is 15.9. The molecule has 1 heterocycles. The Morgan fingerprint density at radius 3 is 2.56 bits per heavy atom. The van der Waals surface area contributed by atoms with Crippen molar-refractivity contribution in [3.63, 3.8) is 0 Å². The lowest BCUT2D eigenvalue weighted by Crippen LogP contribution is -2.20. The van der Waals surface area contributed by atoms with Crippen molar-refractivity contribution in [3.8, 4) is 17.2 Å². The van der Waals surface area contributed by atoms with Crippen LogP contribution in [0, 0.1) is 25.2 Å². The van der Waals surface area contributed by atoms with Crippen molar-refractivity contribution in [2.45, 2.75) is 51.7 Å². The summed E-state index contributed by atoms with van der Waals surface area (Å²) in [7, 11) is 0. The van der Waals surface area contributed by atoms with Gasteiger partial charge in [0.2, 0.25) is 0 Å². The number of aliphatic hydroxyl groups is 1. The number of aromatic nitrogens is 1. The van der Waals surface area contributed by atoms with Crippen LogP contribution in [0.15, 0.2) is 36.5 Å². The van der Waals surface area contributed by atoms with E-state index in [2.05, 4.69) is 29.0 Å². The average Bonchev–Trinajstić information content (AvgIpc) is 3.02. The molecule has 0 atom stereocenters. The third kappa shape index (κ3) is 2.98. The smallest absolute Gasteiger partial charge is 0.0994 e. The van der Waals surface area contributed by atoms with Gasteiger partial charge in [-0.15, -0.1) is 0 Å². The quantitative estimate of drug-likeness (QED) is 0.642. The number of anilines is 1. The van der Waals surface area contributed by atoms with E-state index in [9.17, 15) is 10.4 Å². The second-order valence-electron chi connectivity index (χ2n) is 7.73. The summed E-state index contributed by atoms with van der Waals surface area (Å²) in [5.74, 6) is 0. The second kappa shape index (κ2) is 6.75. The zero-order valence-electron chi connectivity index (χ0n) is 15.9. The molecule has 1 saturated carbocycles.